The highest BCUT2D eigenvalue weighted by Crippen LogP contribution is 2.30. The second kappa shape index (κ2) is 6.18. The smallest absolute Gasteiger partial charge is 0.0886 e. The van der Waals surface area contributed by atoms with Gasteiger partial charge in [0, 0.05) is 0 Å². The molecule has 0 spiro atoms. The second-order valence-corrected chi connectivity index (χ2v) is 5.30. The third-order valence-electron chi connectivity index (χ3n) is 3.59. The van der Waals surface area contributed by atoms with E-state index >= 15 is 0 Å². The van der Waals surface area contributed by atoms with Gasteiger partial charge in [0.05, 0.1) is 5.60 Å². The van der Waals surface area contributed by atoms with E-state index in [-0.39, 0.29) is 0 Å². The number of hydrogen-bond donors (Lipinski definition) is 2. The van der Waals surface area contributed by atoms with Crippen molar-refractivity contribution in [1.29, 1.82) is 0 Å². The van der Waals surface area contributed by atoms with E-state index in [2.05, 4.69) is 30.4 Å². The predicted molar refractivity (Wildman–Crippen MR) is 81.3 cm³/mol. The molecule has 102 valence electrons. The maximum atomic E-state index is 10.7. The quantitative estimate of drug-likeness (QED) is 0.777. The fourth-order valence-electron chi connectivity index (χ4n) is 2.46. The van der Waals surface area contributed by atoms with Crippen LogP contribution in [0.1, 0.15) is 32.3 Å². The summed E-state index contributed by atoms with van der Waals surface area (Å²) in [6.07, 6.45) is 1.84. The van der Waals surface area contributed by atoms with Gasteiger partial charge in [0.2, 0.25) is 0 Å². The highest BCUT2D eigenvalue weighted by atomic mass is 16.3. The Bertz CT molecular complexity index is 528. The molecule has 0 aliphatic carbocycles. The molecule has 2 nitrogen and oxygen atoms in total. The Hall–Kier alpha value is -1.38. The van der Waals surface area contributed by atoms with Crippen molar-refractivity contribution in [2.24, 2.45) is 0 Å². The molecule has 0 bridgehead atoms. The van der Waals surface area contributed by atoms with Gasteiger partial charge in [0.15, 0.2) is 0 Å². The molecule has 2 heteroatoms. The van der Waals surface area contributed by atoms with Crippen LogP contribution in [0.5, 0.6) is 0 Å². The van der Waals surface area contributed by atoms with Gasteiger partial charge >= 0.3 is 0 Å². The summed E-state index contributed by atoms with van der Waals surface area (Å²) >= 11 is 0. The van der Waals surface area contributed by atoms with Crippen LogP contribution in [0.25, 0.3) is 10.8 Å². The normalized spacial score (nSPS) is 14.5. The van der Waals surface area contributed by atoms with Gasteiger partial charge in [-0.25, -0.2) is 0 Å². The van der Waals surface area contributed by atoms with Crippen LogP contribution >= 0.6 is 0 Å². The molecule has 0 heterocycles. The Morgan fingerprint density at radius 2 is 1.79 bits per heavy atom. The summed E-state index contributed by atoms with van der Waals surface area (Å²) < 4.78 is 0. The third-order valence-corrected chi connectivity index (χ3v) is 3.59. The van der Waals surface area contributed by atoms with Gasteiger partial charge in [-0.15, -0.1) is 0 Å². The Morgan fingerprint density at radius 1 is 1.05 bits per heavy atom. The molecule has 2 aromatic rings. The lowest BCUT2D eigenvalue weighted by Gasteiger charge is -2.25. The Balaban J connectivity index is 2.22. The first-order valence-corrected chi connectivity index (χ1v) is 7.06. The van der Waals surface area contributed by atoms with Crippen LogP contribution in [0, 0.1) is 0 Å². The Morgan fingerprint density at radius 3 is 2.58 bits per heavy atom. The fraction of sp³-hybridized carbons (Fsp3) is 0.412. The number of hydrogen-bond acceptors (Lipinski definition) is 2. The molecule has 19 heavy (non-hydrogen) atoms. The van der Waals surface area contributed by atoms with Crippen molar-refractivity contribution in [1.82, 2.24) is 5.32 Å². The van der Waals surface area contributed by atoms with Crippen molar-refractivity contribution in [3.8, 4) is 0 Å². The summed E-state index contributed by atoms with van der Waals surface area (Å²) in [5, 5.41) is 16.4. The number of benzene rings is 2. The predicted octanol–water partition coefficient (Wildman–Crippen LogP) is 3.44. The molecule has 0 saturated heterocycles. The molecule has 0 amide bonds. The van der Waals surface area contributed by atoms with Gasteiger partial charge in [-0.3, -0.25) is 0 Å². The zero-order chi connectivity index (χ0) is 13.7. The van der Waals surface area contributed by atoms with Crippen molar-refractivity contribution >= 4 is 10.8 Å². The lowest BCUT2D eigenvalue weighted by molar-refractivity contribution is 0.0496. The molecule has 1 atom stereocenters. The zero-order valence-electron chi connectivity index (χ0n) is 11.8. The molecular formula is C17H23NO. The molecule has 0 fully saturated rings. The molecule has 0 aliphatic heterocycles. The monoisotopic (exact) mass is 257 g/mol. The molecule has 2 aromatic carbocycles. The third kappa shape index (κ3) is 3.34. The molecule has 0 aromatic heterocycles. The van der Waals surface area contributed by atoms with E-state index in [0.29, 0.717) is 0 Å². The summed E-state index contributed by atoms with van der Waals surface area (Å²) in [6.45, 7) is 5.90. The highest BCUT2D eigenvalue weighted by molar-refractivity contribution is 5.86. The number of aliphatic hydroxyl groups is 1. The van der Waals surface area contributed by atoms with E-state index in [1.807, 2.05) is 31.2 Å². The minimum atomic E-state index is -0.790. The first kappa shape index (κ1) is 14.0. The van der Waals surface area contributed by atoms with Crippen LogP contribution in [0.4, 0.5) is 0 Å². The molecular weight excluding hydrogens is 234 g/mol. The first-order valence-electron chi connectivity index (χ1n) is 7.06. The minimum Gasteiger partial charge on any atom is -0.385 e. The topological polar surface area (TPSA) is 32.3 Å². The van der Waals surface area contributed by atoms with Gasteiger partial charge in [-0.05, 0) is 49.2 Å². The van der Waals surface area contributed by atoms with E-state index in [1.54, 1.807) is 0 Å². The minimum absolute atomic E-state index is 0.723. The van der Waals surface area contributed by atoms with Crippen molar-refractivity contribution in [3.05, 3.63) is 48.0 Å². The molecule has 0 radical (unpaired) electrons. The van der Waals surface area contributed by atoms with Crippen LogP contribution in [0.2, 0.25) is 0 Å². The van der Waals surface area contributed by atoms with Gasteiger partial charge in [-0.1, -0.05) is 49.4 Å². The van der Waals surface area contributed by atoms with Crippen molar-refractivity contribution in [2.45, 2.75) is 32.3 Å². The van der Waals surface area contributed by atoms with Gasteiger partial charge < -0.3 is 10.4 Å². The van der Waals surface area contributed by atoms with E-state index in [1.165, 1.54) is 5.39 Å². The molecule has 2 N–H and O–H groups in total. The standard InChI is InChI=1S/C17H23NO/c1-3-12-18-13-11-17(2,19)16-10-6-8-14-7-4-5-9-15(14)16/h4-10,18-19H,3,11-13H2,1-2H3. The van der Waals surface area contributed by atoms with Gasteiger partial charge in [0.1, 0.15) is 0 Å². The maximum Gasteiger partial charge on any atom is 0.0886 e. The van der Waals surface area contributed by atoms with Gasteiger partial charge in [0.25, 0.3) is 0 Å². The van der Waals surface area contributed by atoms with Crippen LogP contribution in [-0.2, 0) is 5.60 Å². The van der Waals surface area contributed by atoms with Crippen molar-refractivity contribution < 1.29 is 5.11 Å². The van der Waals surface area contributed by atoms with E-state index in [9.17, 15) is 5.11 Å². The van der Waals surface area contributed by atoms with Crippen LogP contribution in [-0.4, -0.2) is 18.2 Å². The summed E-state index contributed by atoms with van der Waals surface area (Å²) in [5.41, 5.74) is 0.227. The Kier molecular flexibility index (Phi) is 4.56. The number of rotatable bonds is 6. The molecule has 2 rings (SSSR count). The lowest BCUT2D eigenvalue weighted by atomic mass is 9.88. The second-order valence-electron chi connectivity index (χ2n) is 5.30. The van der Waals surface area contributed by atoms with Gasteiger partial charge in [-0.2, -0.15) is 0 Å². The van der Waals surface area contributed by atoms with E-state index in [4.69, 9.17) is 0 Å². The molecule has 0 saturated carbocycles. The maximum absolute atomic E-state index is 10.7. The van der Waals surface area contributed by atoms with E-state index in [0.717, 1.165) is 36.9 Å². The van der Waals surface area contributed by atoms with Crippen molar-refractivity contribution in [2.75, 3.05) is 13.1 Å². The van der Waals surface area contributed by atoms with Crippen LogP contribution in [0.3, 0.4) is 0 Å². The number of nitrogens with one attached hydrogen (secondary N) is 1. The first-order chi connectivity index (χ1) is 9.15. The largest absolute Gasteiger partial charge is 0.385 e. The lowest BCUT2D eigenvalue weighted by Crippen LogP contribution is -2.28. The molecule has 0 aliphatic rings. The average molecular weight is 257 g/mol. The van der Waals surface area contributed by atoms with Crippen molar-refractivity contribution in [3.63, 3.8) is 0 Å². The average Bonchev–Trinajstić information content (AvgIpc) is 2.43. The summed E-state index contributed by atoms with van der Waals surface area (Å²) in [5.74, 6) is 0. The fourth-order valence-corrected chi connectivity index (χ4v) is 2.46. The summed E-state index contributed by atoms with van der Waals surface area (Å²) in [6, 6.07) is 14.4. The van der Waals surface area contributed by atoms with Crippen LogP contribution in [0.15, 0.2) is 42.5 Å². The highest BCUT2D eigenvalue weighted by Gasteiger charge is 2.24. The Labute approximate surface area is 115 Å². The zero-order valence-corrected chi connectivity index (χ0v) is 11.8. The SMILES string of the molecule is CCCNCCC(C)(O)c1cccc2ccccc12. The summed E-state index contributed by atoms with van der Waals surface area (Å²) in [7, 11) is 0. The summed E-state index contributed by atoms with van der Waals surface area (Å²) in [4.78, 5) is 0. The molecule has 1 unspecified atom stereocenters. The van der Waals surface area contributed by atoms with Crippen LogP contribution < -0.4 is 5.32 Å². The van der Waals surface area contributed by atoms with E-state index < -0.39 is 5.60 Å². The number of fused-ring (bicyclic) bond motifs is 1.